The summed E-state index contributed by atoms with van der Waals surface area (Å²) in [5, 5.41) is 0.0865. The van der Waals surface area contributed by atoms with Gasteiger partial charge in [0.05, 0.1) is 12.4 Å². The molecule has 1 heterocycles. The molecule has 0 saturated carbocycles. The Kier molecular flexibility index (Phi) is 4.68. The molecule has 114 valence electrons. The number of carbonyl (C=O) groups is 1. The van der Waals surface area contributed by atoms with E-state index in [9.17, 15) is 4.79 Å². The second kappa shape index (κ2) is 6.88. The Bertz CT molecular complexity index is 627. The zero-order valence-corrected chi connectivity index (χ0v) is 13.4. The fourth-order valence-electron chi connectivity index (χ4n) is 2.58. The van der Waals surface area contributed by atoms with E-state index in [4.69, 9.17) is 4.74 Å². The first-order valence-corrected chi connectivity index (χ1v) is 8.50. The monoisotopic (exact) mass is 313 g/mol. The average Bonchev–Trinajstić information content (AvgIpc) is 2.91. The summed E-state index contributed by atoms with van der Waals surface area (Å²) in [6, 6.07) is 18.2. The van der Waals surface area contributed by atoms with Gasteiger partial charge in [0.15, 0.2) is 0 Å². The Morgan fingerprint density at radius 1 is 1.14 bits per heavy atom. The highest BCUT2D eigenvalue weighted by atomic mass is 32.2. The smallest absolute Gasteiger partial charge is 0.234 e. The summed E-state index contributed by atoms with van der Waals surface area (Å²) in [7, 11) is 0. The molecule has 2 aromatic rings. The molecule has 0 bridgehead atoms. The molecule has 1 saturated heterocycles. The van der Waals surface area contributed by atoms with E-state index in [1.54, 1.807) is 11.8 Å². The van der Waals surface area contributed by atoms with Gasteiger partial charge in [0, 0.05) is 6.54 Å². The molecule has 0 aliphatic carbocycles. The van der Waals surface area contributed by atoms with Crippen LogP contribution in [0.25, 0.3) is 0 Å². The van der Waals surface area contributed by atoms with Gasteiger partial charge in [-0.2, -0.15) is 0 Å². The molecule has 3 rings (SSSR count). The van der Waals surface area contributed by atoms with Gasteiger partial charge < -0.3 is 9.64 Å². The van der Waals surface area contributed by atoms with Crippen LogP contribution in [0.3, 0.4) is 0 Å². The summed E-state index contributed by atoms with van der Waals surface area (Å²) < 4.78 is 5.48. The highest BCUT2D eigenvalue weighted by Crippen LogP contribution is 2.39. The minimum Gasteiger partial charge on any atom is -0.494 e. The number of ether oxygens (including phenoxy) is 1. The van der Waals surface area contributed by atoms with E-state index in [1.807, 2.05) is 42.2 Å². The Morgan fingerprint density at radius 2 is 1.86 bits per heavy atom. The van der Waals surface area contributed by atoms with Crippen LogP contribution in [0.1, 0.15) is 23.4 Å². The van der Waals surface area contributed by atoms with Crippen molar-refractivity contribution in [3.63, 3.8) is 0 Å². The quantitative estimate of drug-likeness (QED) is 0.839. The predicted molar refractivity (Wildman–Crippen MR) is 89.8 cm³/mol. The van der Waals surface area contributed by atoms with Crippen molar-refractivity contribution in [3.05, 3.63) is 65.7 Å². The second-order valence-corrected chi connectivity index (χ2v) is 6.24. The van der Waals surface area contributed by atoms with Gasteiger partial charge in [0.2, 0.25) is 5.91 Å². The van der Waals surface area contributed by atoms with Gasteiger partial charge in [-0.25, -0.2) is 0 Å². The molecule has 1 aliphatic rings. The molecule has 1 fully saturated rings. The standard InChI is InChI=1S/C18H19NO2S/c1-2-21-16-10-8-15(9-11-16)18-19(17(20)13-22-18)12-14-6-4-3-5-7-14/h3-11,18H,2,12-13H2,1H3. The Balaban J connectivity index is 1.78. The number of hydrogen-bond acceptors (Lipinski definition) is 3. The Morgan fingerprint density at radius 3 is 2.55 bits per heavy atom. The van der Waals surface area contributed by atoms with E-state index < -0.39 is 0 Å². The van der Waals surface area contributed by atoms with Gasteiger partial charge in [-0.3, -0.25) is 4.79 Å². The molecule has 22 heavy (non-hydrogen) atoms. The maximum Gasteiger partial charge on any atom is 0.234 e. The summed E-state index contributed by atoms with van der Waals surface area (Å²) in [6.45, 7) is 3.29. The number of benzene rings is 2. The van der Waals surface area contributed by atoms with Crippen LogP contribution < -0.4 is 4.74 Å². The molecule has 0 spiro atoms. The van der Waals surface area contributed by atoms with E-state index in [-0.39, 0.29) is 11.3 Å². The van der Waals surface area contributed by atoms with Gasteiger partial charge in [-0.15, -0.1) is 11.8 Å². The van der Waals surface area contributed by atoms with E-state index in [0.717, 1.165) is 16.9 Å². The lowest BCUT2D eigenvalue weighted by atomic mass is 10.1. The molecule has 2 aromatic carbocycles. The van der Waals surface area contributed by atoms with Crippen molar-refractivity contribution in [3.8, 4) is 5.75 Å². The van der Waals surface area contributed by atoms with Crippen molar-refractivity contribution in [2.45, 2.75) is 18.8 Å². The number of thioether (sulfide) groups is 1. The fraction of sp³-hybridized carbons (Fsp3) is 0.278. The van der Waals surface area contributed by atoms with Crippen molar-refractivity contribution in [2.75, 3.05) is 12.4 Å². The van der Waals surface area contributed by atoms with Crippen LogP contribution in [0.15, 0.2) is 54.6 Å². The largest absolute Gasteiger partial charge is 0.494 e. The van der Waals surface area contributed by atoms with Crippen LogP contribution in [0, 0.1) is 0 Å². The lowest BCUT2D eigenvalue weighted by molar-refractivity contribution is -0.128. The number of amides is 1. The Hall–Kier alpha value is -1.94. The zero-order chi connectivity index (χ0) is 15.4. The van der Waals surface area contributed by atoms with Crippen LogP contribution in [-0.2, 0) is 11.3 Å². The topological polar surface area (TPSA) is 29.5 Å². The van der Waals surface area contributed by atoms with Crippen molar-refractivity contribution in [1.29, 1.82) is 0 Å². The molecule has 1 unspecified atom stereocenters. The highest BCUT2D eigenvalue weighted by Gasteiger charge is 2.32. The molecule has 0 radical (unpaired) electrons. The molecule has 1 amide bonds. The van der Waals surface area contributed by atoms with E-state index in [0.29, 0.717) is 18.9 Å². The maximum absolute atomic E-state index is 12.2. The SMILES string of the molecule is CCOc1ccc(C2SCC(=O)N2Cc2ccccc2)cc1. The average molecular weight is 313 g/mol. The lowest BCUT2D eigenvalue weighted by Gasteiger charge is -2.24. The van der Waals surface area contributed by atoms with Crippen molar-refractivity contribution < 1.29 is 9.53 Å². The summed E-state index contributed by atoms with van der Waals surface area (Å²) in [5.74, 6) is 1.62. The predicted octanol–water partition coefficient (Wildman–Crippen LogP) is 3.86. The zero-order valence-electron chi connectivity index (χ0n) is 12.6. The highest BCUT2D eigenvalue weighted by molar-refractivity contribution is 8.00. The van der Waals surface area contributed by atoms with Gasteiger partial charge in [0.25, 0.3) is 0 Å². The van der Waals surface area contributed by atoms with Crippen molar-refractivity contribution in [2.24, 2.45) is 0 Å². The second-order valence-electron chi connectivity index (χ2n) is 5.17. The molecule has 1 atom stereocenters. The van der Waals surface area contributed by atoms with Crippen LogP contribution in [0.5, 0.6) is 5.75 Å². The summed E-state index contributed by atoms with van der Waals surface area (Å²) >= 11 is 1.69. The van der Waals surface area contributed by atoms with Crippen LogP contribution in [-0.4, -0.2) is 23.2 Å². The molecule has 4 heteroatoms. The summed E-state index contributed by atoms with van der Waals surface area (Å²) in [5.41, 5.74) is 2.31. The first-order valence-electron chi connectivity index (χ1n) is 7.45. The van der Waals surface area contributed by atoms with Crippen molar-refractivity contribution >= 4 is 17.7 Å². The van der Waals surface area contributed by atoms with Gasteiger partial charge in [-0.1, -0.05) is 42.5 Å². The molecule has 3 nitrogen and oxygen atoms in total. The van der Waals surface area contributed by atoms with Gasteiger partial charge >= 0.3 is 0 Å². The van der Waals surface area contributed by atoms with E-state index in [2.05, 4.69) is 24.3 Å². The third kappa shape index (κ3) is 3.28. The summed E-state index contributed by atoms with van der Waals surface area (Å²) in [6.07, 6.45) is 0. The molecule has 1 aliphatic heterocycles. The van der Waals surface area contributed by atoms with Gasteiger partial charge in [-0.05, 0) is 30.2 Å². The van der Waals surface area contributed by atoms with Crippen LogP contribution in [0.2, 0.25) is 0 Å². The third-order valence-electron chi connectivity index (χ3n) is 3.64. The number of carbonyl (C=O) groups excluding carboxylic acids is 1. The van der Waals surface area contributed by atoms with Gasteiger partial charge in [0.1, 0.15) is 11.1 Å². The number of nitrogens with zero attached hydrogens (tertiary/aromatic N) is 1. The molecule has 0 aromatic heterocycles. The minimum atomic E-state index is 0.0865. The first kappa shape index (κ1) is 15.0. The Labute approximate surface area is 135 Å². The molecular formula is C18H19NO2S. The third-order valence-corrected chi connectivity index (χ3v) is 4.90. The number of rotatable bonds is 5. The maximum atomic E-state index is 12.2. The van der Waals surface area contributed by atoms with E-state index in [1.165, 1.54) is 0 Å². The molecular weight excluding hydrogens is 294 g/mol. The fourth-order valence-corrected chi connectivity index (χ4v) is 3.76. The minimum absolute atomic E-state index is 0.0865. The van der Waals surface area contributed by atoms with Crippen LogP contribution >= 0.6 is 11.8 Å². The lowest BCUT2D eigenvalue weighted by Crippen LogP contribution is -2.27. The molecule has 0 N–H and O–H groups in total. The first-order chi connectivity index (χ1) is 10.8. The summed E-state index contributed by atoms with van der Waals surface area (Å²) in [4.78, 5) is 14.2. The van der Waals surface area contributed by atoms with E-state index >= 15 is 0 Å². The normalized spacial score (nSPS) is 17.8. The van der Waals surface area contributed by atoms with Crippen molar-refractivity contribution in [1.82, 2.24) is 4.90 Å². The van der Waals surface area contributed by atoms with Crippen LogP contribution in [0.4, 0.5) is 0 Å². The number of hydrogen-bond donors (Lipinski definition) is 0.